The number of hydrogen-bond donors (Lipinski definition) is 0. The van der Waals surface area contributed by atoms with E-state index in [0.29, 0.717) is 11.1 Å². The topological polar surface area (TPSA) is 29.0 Å². The number of rotatable bonds is 4. The molecule has 0 radical (unpaired) electrons. The molecule has 0 N–H and O–H groups in total. The van der Waals surface area contributed by atoms with Gasteiger partial charge in [-0.25, -0.2) is 9.97 Å². The second kappa shape index (κ2) is 6.00. The van der Waals surface area contributed by atoms with E-state index in [0.717, 1.165) is 34.4 Å². The fourth-order valence-corrected chi connectivity index (χ4v) is 3.63. The molecule has 5 heteroatoms. The molecule has 3 nitrogen and oxygen atoms in total. The summed E-state index contributed by atoms with van der Waals surface area (Å²) in [4.78, 5) is 12.2. The van der Waals surface area contributed by atoms with Gasteiger partial charge in [-0.05, 0) is 19.4 Å². The molecule has 0 aliphatic heterocycles. The lowest BCUT2D eigenvalue weighted by Gasteiger charge is -2.18. The van der Waals surface area contributed by atoms with Gasteiger partial charge in [0.25, 0.3) is 0 Å². The van der Waals surface area contributed by atoms with Gasteiger partial charge in [0.05, 0.1) is 5.39 Å². The van der Waals surface area contributed by atoms with Crippen LogP contribution in [0.25, 0.3) is 21.3 Å². The van der Waals surface area contributed by atoms with Crippen molar-refractivity contribution in [2.45, 2.75) is 13.8 Å². The van der Waals surface area contributed by atoms with E-state index in [4.69, 9.17) is 11.6 Å². The van der Waals surface area contributed by atoms with Gasteiger partial charge in [0, 0.05) is 24.0 Å². The van der Waals surface area contributed by atoms with Crippen molar-refractivity contribution >= 4 is 39.1 Å². The molecule has 2 heterocycles. The van der Waals surface area contributed by atoms with Crippen molar-refractivity contribution in [2.24, 2.45) is 0 Å². The van der Waals surface area contributed by atoms with Crippen LogP contribution in [0, 0.1) is 0 Å². The van der Waals surface area contributed by atoms with Crippen molar-refractivity contribution in [3.8, 4) is 11.1 Å². The van der Waals surface area contributed by atoms with Crippen LogP contribution in [0.5, 0.6) is 0 Å². The van der Waals surface area contributed by atoms with Crippen molar-refractivity contribution in [1.29, 1.82) is 0 Å². The molecule has 0 saturated carbocycles. The minimum Gasteiger partial charge on any atom is -0.341 e. The van der Waals surface area contributed by atoms with E-state index in [1.807, 2.05) is 18.2 Å². The smallest absolute Gasteiger partial charge is 0.228 e. The molecule has 0 unspecified atom stereocenters. The molecular formula is C16H16ClN3S. The van der Waals surface area contributed by atoms with Gasteiger partial charge in [0.15, 0.2) is 0 Å². The number of anilines is 1. The molecular weight excluding hydrogens is 302 g/mol. The van der Waals surface area contributed by atoms with Gasteiger partial charge >= 0.3 is 0 Å². The van der Waals surface area contributed by atoms with Gasteiger partial charge in [-0.15, -0.1) is 11.3 Å². The third kappa shape index (κ3) is 2.61. The summed E-state index contributed by atoms with van der Waals surface area (Å²) >= 11 is 8.06. The summed E-state index contributed by atoms with van der Waals surface area (Å²) < 4.78 is 0. The number of hydrogen-bond acceptors (Lipinski definition) is 4. The zero-order valence-corrected chi connectivity index (χ0v) is 13.6. The van der Waals surface area contributed by atoms with Gasteiger partial charge in [0.2, 0.25) is 5.95 Å². The van der Waals surface area contributed by atoms with Crippen LogP contribution >= 0.6 is 22.9 Å². The van der Waals surface area contributed by atoms with Crippen molar-refractivity contribution < 1.29 is 0 Å². The third-order valence-electron chi connectivity index (χ3n) is 3.51. The molecule has 21 heavy (non-hydrogen) atoms. The summed E-state index contributed by atoms with van der Waals surface area (Å²) in [6.07, 6.45) is 0. The highest BCUT2D eigenvalue weighted by Crippen LogP contribution is 2.37. The molecule has 0 amide bonds. The van der Waals surface area contributed by atoms with Crippen LogP contribution in [0.3, 0.4) is 0 Å². The van der Waals surface area contributed by atoms with Crippen molar-refractivity contribution in [2.75, 3.05) is 18.0 Å². The first-order valence-electron chi connectivity index (χ1n) is 6.99. The van der Waals surface area contributed by atoms with Crippen LogP contribution in [0.1, 0.15) is 13.8 Å². The van der Waals surface area contributed by atoms with Gasteiger partial charge < -0.3 is 4.90 Å². The fourth-order valence-electron chi connectivity index (χ4n) is 2.37. The van der Waals surface area contributed by atoms with E-state index < -0.39 is 0 Å². The number of fused-ring (bicyclic) bond motifs is 1. The monoisotopic (exact) mass is 317 g/mol. The van der Waals surface area contributed by atoms with Crippen LogP contribution in [0.4, 0.5) is 5.95 Å². The normalized spacial score (nSPS) is 11.0. The highest BCUT2D eigenvalue weighted by atomic mass is 35.5. The molecule has 0 saturated heterocycles. The average molecular weight is 318 g/mol. The Kier molecular flexibility index (Phi) is 4.08. The lowest BCUT2D eigenvalue weighted by atomic mass is 10.1. The maximum Gasteiger partial charge on any atom is 0.228 e. The fraction of sp³-hybridized carbons (Fsp3) is 0.250. The number of thiophene rings is 1. The van der Waals surface area contributed by atoms with Gasteiger partial charge in [-0.3, -0.25) is 0 Å². The molecule has 0 bridgehead atoms. The number of benzene rings is 1. The number of halogens is 1. The Morgan fingerprint density at radius 1 is 1.10 bits per heavy atom. The first kappa shape index (κ1) is 14.3. The second-order valence-electron chi connectivity index (χ2n) is 4.68. The molecule has 108 valence electrons. The van der Waals surface area contributed by atoms with Crippen LogP contribution < -0.4 is 4.90 Å². The minimum absolute atomic E-state index is 0.530. The van der Waals surface area contributed by atoms with E-state index >= 15 is 0 Å². The Morgan fingerprint density at radius 2 is 1.81 bits per heavy atom. The highest BCUT2D eigenvalue weighted by Gasteiger charge is 2.15. The molecule has 0 fully saturated rings. The lowest BCUT2D eigenvalue weighted by Crippen LogP contribution is -2.24. The Balaban J connectivity index is 2.16. The van der Waals surface area contributed by atoms with E-state index in [9.17, 15) is 0 Å². The Morgan fingerprint density at radius 3 is 2.48 bits per heavy atom. The second-order valence-corrected chi connectivity index (χ2v) is 5.90. The first-order valence-corrected chi connectivity index (χ1v) is 8.25. The number of aromatic nitrogens is 2. The standard InChI is InChI=1S/C16H16ClN3S/c1-3-20(4-2)16-18-14(17)13-12(10-21-15(13)19-16)11-8-6-5-7-9-11/h5-10H,3-4H2,1-2H3. The molecule has 3 rings (SSSR count). The Bertz CT molecular complexity index is 751. The molecule has 0 aliphatic carbocycles. The Labute approximate surface area is 133 Å². The van der Waals surface area contributed by atoms with Crippen LogP contribution in [-0.4, -0.2) is 23.1 Å². The van der Waals surface area contributed by atoms with E-state index in [2.05, 4.69) is 46.2 Å². The summed E-state index contributed by atoms with van der Waals surface area (Å²) in [6, 6.07) is 10.2. The predicted octanol–water partition coefficient (Wildman–Crippen LogP) is 4.86. The van der Waals surface area contributed by atoms with Crippen molar-refractivity contribution in [3.63, 3.8) is 0 Å². The third-order valence-corrected chi connectivity index (χ3v) is 4.65. The zero-order valence-electron chi connectivity index (χ0n) is 12.0. The maximum atomic E-state index is 6.45. The largest absolute Gasteiger partial charge is 0.341 e. The van der Waals surface area contributed by atoms with Gasteiger partial charge in [-0.1, -0.05) is 41.9 Å². The summed E-state index contributed by atoms with van der Waals surface area (Å²) in [7, 11) is 0. The van der Waals surface area contributed by atoms with Crippen LogP contribution in [0.15, 0.2) is 35.7 Å². The van der Waals surface area contributed by atoms with Gasteiger partial charge in [-0.2, -0.15) is 0 Å². The number of nitrogens with zero attached hydrogens (tertiary/aromatic N) is 3. The lowest BCUT2D eigenvalue weighted by molar-refractivity contribution is 0.827. The van der Waals surface area contributed by atoms with E-state index in [-0.39, 0.29) is 0 Å². The molecule has 2 aromatic heterocycles. The predicted molar refractivity (Wildman–Crippen MR) is 91.4 cm³/mol. The molecule has 0 spiro atoms. The van der Waals surface area contributed by atoms with E-state index in [1.165, 1.54) is 0 Å². The quantitative estimate of drug-likeness (QED) is 0.644. The minimum atomic E-state index is 0.530. The van der Waals surface area contributed by atoms with Crippen molar-refractivity contribution in [3.05, 3.63) is 40.9 Å². The summed E-state index contributed by atoms with van der Waals surface area (Å²) in [5.41, 5.74) is 2.25. The zero-order chi connectivity index (χ0) is 14.8. The van der Waals surface area contributed by atoms with Crippen LogP contribution in [0.2, 0.25) is 5.15 Å². The van der Waals surface area contributed by atoms with Crippen molar-refractivity contribution in [1.82, 2.24) is 9.97 Å². The molecule has 0 aliphatic rings. The van der Waals surface area contributed by atoms with Crippen LogP contribution in [-0.2, 0) is 0 Å². The summed E-state index contributed by atoms with van der Waals surface area (Å²) in [5.74, 6) is 0.707. The maximum absolute atomic E-state index is 6.45. The molecule has 3 aromatic rings. The first-order chi connectivity index (χ1) is 10.2. The SMILES string of the molecule is CCN(CC)c1nc(Cl)c2c(-c3ccccc3)csc2n1. The summed E-state index contributed by atoms with van der Waals surface area (Å²) in [6.45, 7) is 5.92. The summed E-state index contributed by atoms with van der Waals surface area (Å²) in [5, 5.41) is 3.58. The highest BCUT2D eigenvalue weighted by molar-refractivity contribution is 7.17. The van der Waals surface area contributed by atoms with Gasteiger partial charge in [0.1, 0.15) is 9.98 Å². The molecule has 1 aromatic carbocycles. The van der Waals surface area contributed by atoms with E-state index in [1.54, 1.807) is 11.3 Å². The Hall–Kier alpha value is -1.65. The molecule has 0 atom stereocenters. The average Bonchev–Trinajstić information content (AvgIpc) is 2.94.